The zero-order valence-electron chi connectivity index (χ0n) is 12.3. The molecular formula is C15H13N5O3. The van der Waals surface area contributed by atoms with Crippen molar-refractivity contribution in [2.24, 2.45) is 0 Å². The second-order valence-corrected chi connectivity index (χ2v) is 4.98. The van der Waals surface area contributed by atoms with Crippen molar-refractivity contribution in [3.63, 3.8) is 0 Å². The molecule has 3 aromatic rings. The molecule has 23 heavy (non-hydrogen) atoms. The van der Waals surface area contributed by atoms with Crippen LogP contribution < -0.4 is 5.32 Å². The molecule has 8 heteroatoms. The molecule has 1 aromatic heterocycles. The Morgan fingerprint density at radius 2 is 2.00 bits per heavy atom. The lowest BCUT2D eigenvalue weighted by Gasteiger charge is -2.06. The van der Waals surface area contributed by atoms with Crippen LogP contribution in [0.4, 0.5) is 11.6 Å². The summed E-state index contributed by atoms with van der Waals surface area (Å²) in [6.45, 7) is 1.42. The minimum atomic E-state index is -0.690. The number of amides is 1. The van der Waals surface area contributed by atoms with Crippen LogP contribution in [-0.2, 0) is 11.3 Å². The molecule has 3 rings (SSSR count). The summed E-state index contributed by atoms with van der Waals surface area (Å²) in [5.41, 5.74) is 0.654. The molecule has 0 aliphatic rings. The lowest BCUT2D eigenvalue weighted by Crippen LogP contribution is -2.20. The van der Waals surface area contributed by atoms with Crippen molar-refractivity contribution in [2.75, 3.05) is 5.32 Å². The van der Waals surface area contributed by atoms with Gasteiger partial charge in [-0.25, -0.2) is 0 Å². The van der Waals surface area contributed by atoms with Crippen LogP contribution in [0.1, 0.15) is 5.82 Å². The highest BCUT2D eigenvalue weighted by Gasteiger charge is 2.19. The Balaban J connectivity index is 1.74. The Morgan fingerprint density at radius 1 is 1.26 bits per heavy atom. The van der Waals surface area contributed by atoms with Gasteiger partial charge < -0.3 is 15.4 Å². The fraction of sp³-hybridized carbons (Fsp3) is 0.133. The highest BCUT2D eigenvalue weighted by molar-refractivity contribution is 5.94. The molecule has 0 radical (unpaired) electrons. The molecule has 116 valence electrons. The van der Waals surface area contributed by atoms with E-state index < -0.39 is 10.9 Å². The molecule has 1 heterocycles. The summed E-state index contributed by atoms with van der Waals surface area (Å²) < 4.78 is 1.20. The van der Waals surface area contributed by atoms with Gasteiger partial charge in [0.15, 0.2) is 0 Å². The van der Waals surface area contributed by atoms with Crippen LogP contribution in [0.5, 0.6) is 0 Å². The second kappa shape index (κ2) is 5.84. The third kappa shape index (κ3) is 3.15. The zero-order chi connectivity index (χ0) is 16.4. The minimum Gasteiger partial charge on any atom is -0.390 e. The molecule has 2 aromatic carbocycles. The quantitative estimate of drug-likeness (QED) is 0.588. The summed E-state index contributed by atoms with van der Waals surface area (Å²) in [6.07, 6.45) is 0. The van der Waals surface area contributed by atoms with E-state index >= 15 is 0 Å². The highest BCUT2D eigenvalue weighted by atomic mass is 16.6. The summed E-state index contributed by atoms with van der Waals surface area (Å²) in [4.78, 5) is 25.7. The summed E-state index contributed by atoms with van der Waals surface area (Å²) in [5, 5.41) is 19.2. The standard InChI is InChI=1S/C15H13N5O3/c1-10-16-15(20(22)23)18-19(10)9-14(21)17-13-7-6-11-4-2-3-5-12(11)8-13/h2-8H,9H2,1H3,(H,17,21). The van der Waals surface area contributed by atoms with Crippen LogP contribution in [0.3, 0.4) is 0 Å². The van der Waals surface area contributed by atoms with Crippen molar-refractivity contribution >= 4 is 28.3 Å². The molecule has 0 bridgehead atoms. The largest absolute Gasteiger partial charge is 0.491 e. The van der Waals surface area contributed by atoms with E-state index in [2.05, 4.69) is 15.4 Å². The number of nitrogens with zero attached hydrogens (tertiary/aromatic N) is 4. The summed E-state index contributed by atoms with van der Waals surface area (Å²) in [5.74, 6) is -0.533. The number of aryl methyl sites for hydroxylation is 1. The molecule has 0 saturated heterocycles. The number of hydrogen-bond donors (Lipinski definition) is 1. The smallest absolute Gasteiger partial charge is 0.390 e. The van der Waals surface area contributed by atoms with Crippen LogP contribution in [0, 0.1) is 17.0 Å². The Morgan fingerprint density at radius 3 is 2.70 bits per heavy atom. The average molecular weight is 311 g/mol. The van der Waals surface area contributed by atoms with Crippen LogP contribution in [-0.4, -0.2) is 25.6 Å². The van der Waals surface area contributed by atoms with Gasteiger partial charge in [-0.15, -0.1) is 0 Å². The van der Waals surface area contributed by atoms with Crippen LogP contribution in [0.15, 0.2) is 42.5 Å². The van der Waals surface area contributed by atoms with Gasteiger partial charge in [0.1, 0.15) is 6.54 Å². The van der Waals surface area contributed by atoms with Crippen molar-refractivity contribution in [2.45, 2.75) is 13.5 Å². The summed E-state index contributed by atoms with van der Waals surface area (Å²) in [6, 6.07) is 13.4. The SMILES string of the molecule is Cc1nc([N+](=O)[O-])nn1CC(=O)Nc1ccc2ccccc2c1. The zero-order valence-corrected chi connectivity index (χ0v) is 12.3. The number of rotatable bonds is 4. The first-order valence-corrected chi connectivity index (χ1v) is 6.87. The maximum Gasteiger partial charge on any atom is 0.491 e. The average Bonchev–Trinajstić information content (AvgIpc) is 2.88. The van der Waals surface area contributed by atoms with Crippen molar-refractivity contribution in [1.29, 1.82) is 0 Å². The fourth-order valence-electron chi connectivity index (χ4n) is 2.24. The molecule has 0 aliphatic carbocycles. The van der Waals surface area contributed by atoms with E-state index in [9.17, 15) is 14.9 Å². The Kier molecular flexibility index (Phi) is 3.71. The van der Waals surface area contributed by atoms with E-state index in [-0.39, 0.29) is 12.5 Å². The number of benzene rings is 2. The number of nitro groups is 1. The maximum atomic E-state index is 12.1. The van der Waals surface area contributed by atoms with Crippen LogP contribution in [0.2, 0.25) is 0 Å². The van der Waals surface area contributed by atoms with E-state index in [4.69, 9.17) is 0 Å². The van der Waals surface area contributed by atoms with Gasteiger partial charge >= 0.3 is 5.95 Å². The topological polar surface area (TPSA) is 103 Å². The van der Waals surface area contributed by atoms with E-state index in [1.807, 2.05) is 36.4 Å². The van der Waals surface area contributed by atoms with E-state index in [1.54, 1.807) is 13.0 Å². The number of nitrogens with one attached hydrogen (secondary N) is 1. The molecule has 1 amide bonds. The number of fused-ring (bicyclic) bond motifs is 1. The minimum absolute atomic E-state index is 0.139. The lowest BCUT2D eigenvalue weighted by molar-refractivity contribution is -0.394. The van der Waals surface area contributed by atoms with Crippen LogP contribution >= 0.6 is 0 Å². The van der Waals surface area contributed by atoms with Gasteiger partial charge in [-0.3, -0.25) is 4.79 Å². The normalized spacial score (nSPS) is 10.7. The Bertz CT molecular complexity index is 903. The van der Waals surface area contributed by atoms with Crippen molar-refractivity contribution in [1.82, 2.24) is 14.8 Å². The predicted octanol–water partition coefficient (Wildman–Crippen LogP) is 2.29. The van der Waals surface area contributed by atoms with Gasteiger partial charge in [0.2, 0.25) is 11.7 Å². The first kappa shape index (κ1) is 14.6. The summed E-state index contributed by atoms with van der Waals surface area (Å²) >= 11 is 0. The highest BCUT2D eigenvalue weighted by Crippen LogP contribution is 2.18. The Labute approximate surface area is 130 Å². The number of carbonyl (C=O) groups excluding carboxylic acids is 1. The van der Waals surface area contributed by atoms with Gasteiger partial charge in [-0.05, 0) is 32.8 Å². The molecule has 0 unspecified atom stereocenters. The molecule has 0 aliphatic heterocycles. The first-order chi connectivity index (χ1) is 11.0. The number of anilines is 1. The van der Waals surface area contributed by atoms with Gasteiger partial charge in [0.05, 0.1) is 0 Å². The molecule has 0 saturated carbocycles. The van der Waals surface area contributed by atoms with Crippen LogP contribution in [0.25, 0.3) is 10.8 Å². The molecule has 0 fully saturated rings. The molecule has 1 N–H and O–H groups in total. The van der Waals surface area contributed by atoms with E-state index in [0.29, 0.717) is 11.5 Å². The summed E-state index contributed by atoms with van der Waals surface area (Å²) in [7, 11) is 0. The monoisotopic (exact) mass is 311 g/mol. The third-order valence-corrected chi connectivity index (χ3v) is 3.34. The van der Waals surface area contributed by atoms with Gasteiger partial charge in [-0.2, -0.15) is 4.68 Å². The third-order valence-electron chi connectivity index (χ3n) is 3.34. The number of aromatic nitrogens is 3. The van der Waals surface area contributed by atoms with Crippen molar-refractivity contribution < 1.29 is 9.72 Å². The van der Waals surface area contributed by atoms with E-state index in [0.717, 1.165) is 10.8 Å². The number of hydrogen-bond acceptors (Lipinski definition) is 5. The molecular weight excluding hydrogens is 298 g/mol. The molecule has 0 spiro atoms. The Hall–Kier alpha value is -3.29. The molecule has 8 nitrogen and oxygen atoms in total. The van der Waals surface area contributed by atoms with Gasteiger partial charge in [0.25, 0.3) is 0 Å². The maximum absolute atomic E-state index is 12.1. The van der Waals surface area contributed by atoms with Crippen molar-refractivity contribution in [3.8, 4) is 0 Å². The van der Waals surface area contributed by atoms with E-state index in [1.165, 1.54) is 4.68 Å². The fourth-order valence-corrected chi connectivity index (χ4v) is 2.24. The first-order valence-electron chi connectivity index (χ1n) is 6.87. The van der Waals surface area contributed by atoms with Gasteiger partial charge in [0, 0.05) is 17.7 Å². The number of carbonyl (C=O) groups is 1. The van der Waals surface area contributed by atoms with Gasteiger partial charge in [-0.1, -0.05) is 30.3 Å². The lowest BCUT2D eigenvalue weighted by atomic mass is 10.1. The second-order valence-electron chi connectivity index (χ2n) is 4.98. The van der Waals surface area contributed by atoms with Crippen molar-refractivity contribution in [3.05, 3.63) is 58.4 Å². The molecule has 0 atom stereocenters. The predicted molar refractivity (Wildman–Crippen MR) is 84.0 cm³/mol.